The van der Waals surface area contributed by atoms with Gasteiger partial charge in [-0.25, -0.2) is 0 Å². The molecule has 1 aromatic carbocycles. The predicted molar refractivity (Wildman–Crippen MR) is 195 cm³/mol. The van der Waals surface area contributed by atoms with Gasteiger partial charge in [0, 0.05) is 28.1 Å². The summed E-state index contributed by atoms with van der Waals surface area (Å²) in [5.74, 6) is 0.595. The molecule has 0 aromatic heterocycles. The average molecular weight is 589 g/mol. The molecule has 0 heteroatoms. The number of allylic oxidation sites excluding steroid dienone is 16. The minimum absolute atomic E-state index is 0.00982. The second-order valence-corrected chi connectivity index (χ2v) is 17.7. The summed E-state index contributed by atoms with van der Waals surface area (Å²) in [5, 5.41) is 0. The predicted octanol–water partition coefficient (Wildman–Crippen LogP) is 12.8. The lowest BCUT2D eigenvalue weighted by molar-refractivity contribution is -0.00856. The minimum Gasteiger partial charge on any atom is -0.0795 e. The maximum atomic E-state index is 2.53. The van der Waals surface area contributed by atoms with Crippen LogP contribution in [0.5, 0.6) is 0 Å². The van der Waals surface area contributed by atoms with Crippen LogP contribution in [0, 0.1) is 49.7 Å². The van der Waals surface area contributed by atoms with Crippen molar-refractivity contribution in [1.29, 1.82) is 0 Å². The zero-order chi connectivity index (χ0) is 32.7. The van der Waals surface area contributed by atoms with Gasteiger partial charge in [0.15, 0.2) is 0 Å². The van der Waals surface area contributed by atoms with Crippen LogP contribution in [-0.2, 0) is 0 Å². The molecule has 2 unspecified atom stereocenters. The smallest absolute Gasteiger partial charge is 0.0280 e. The summed E-state index contributed by atoms with van der Waals surface area (Å²) >= 11 is 0. The summed E-state index contributed by atoms with van der Waals surface area (Å²) in [6.45, 7) is 28.9. The van der Waals surface area contributed by atoms with Crippen LogP contribution in [0.15, 0.2) is 121 Å². The van der Waals surface area contributed by atoms with Crippen LogP contribution in [0.3, 0.4) is 0 Å². The Kier molecular flexibility index (Phi) is 9.14. The van der Waals surface area contributed by atoms with Crippen molar-refractivity contribution >= 4 is 5.57 Å². The molecule has 0 saturated carbocycles. The van der Waals surface area contributed by atoms with Crippen LogP contribution in [0.25, 0.3) is 5.57 Å². The first-order chi connectivity index (χ1) is 20.3. The monoisotopic (exact) mass is 588 g/mol. The van der Waals surface area contributed by atoms with E-state index in [4.69, 9.17) is 0 Å². The lowest BCUT2D eigenvalue weighted by Crippen LogP contribution is -2.50. The second-order valence-electron chi connectivity index (χ2n) is 17.7. The van der Waals surface area contributed by atoms with E-state index in [0.717, 1.165) is 6.42 Å². The molecule has 0 N–H and O–H groups in total. The van der Waals surface area contributed by atoms with Crippen LogP contribution in [0.1, 0.15) is 95.1 Å². The lowest BCUT2D eigenvalue weighted by Gasteiger charge is -2.56. The van der Waals surface area contributed by atoms with Crippen LogP contribution >= 0.6 is 0 Å². The Bertz CT molecular complexity index is 1300. The largest absolute Gasteiger partial charge is 0.0795 e. The maximum Gasteiger partial charge on any atom is 0.0280 e. The van der Waals surface area contributed by atoms with E-state index in [0.29, 0.717) is 11.8 Å². The van der Waals surface area contributed by atoms with Crippen molar-refractivity contribution in [2.24, 2.45) is 49.7 Å². The minimum atomic E-state index is -0.203. The Morgan fingerprint density at radius 1 is 0.568 bits per heavy atom. The molecule has 0 nitrogen and oxygen atoms in total. The Hall–Kier alpha value is -2.86. The molecule has 44 heavy (non-hydrogen) atoms. The van der Waals surface area contributed by atoms with Crippen LogP contribution < -0.4 is 0 Å². The topological polar surface area (TPSA) is 0 Å². The first-order valence-corrected chi connectivity index (χ1v) is 16.9. The van der Waals surface area contributed by atoms with Crippen molar-refractivity contribution in [3.05, 3.63) is 127 Å². The van der Waals surface area contributed by atoms with Gasteiger partial charge in [-0.05, 0) is 39.2 Å². The highest BCUT2D eigenvalue weighted by Crippen LogP contribution is 2.61. The zero-order valence-electron chi connectivity index (χ0n) is 29.9. The summed E-state index contributed by atoms with van der Waals surface area (Å²) in [6, 6.07) is 10.8. The van der Waals surface area contributed by atoms with Crippen LogP contribution in [0.2, 0.25) is 0 Å². The van der Waals surface area contributed by atoms with Gasteiger partial charge in [0.2, 0.25) is 0 Å². The number of benzene rings is 1. The standard InChI is InChI=1S/C44H60/c1-38(2,3)43(39(4,5)6)28-18-16-22-36(43)26-32-42(30-24-35(25-31-42)34-20-14-13-15-21-34)33-27-37-23-17-19-29-44(37,40(7,8)9)41(10,11)12/h13-30,32-33,36-37H,31H2,1-12H3. The van der Waals surface area contributed by atoms with Gasteiger partial charge in [-0.2, -0.15) is 0 Å². The molecule has 0 bridgehead atoms. The van der Waals surface area contributed by atoms with E-state index in [1.54, 1.807) is 0 Å². The molecular formula is C44H60. The third-order valence-electron chi connectivity index (χ3n) is 11.2. The van der Waals surface area contributed by atoms with Gasteiger partial charge in [-0.3, -0.25) is 0 Å². The Balaban J connectivity index is 1.82. The van der Waals surface area contributed by atoms with E-state index >= 15 is 0 Å². The molecule has 236 valence electrons. The van der Waals surface area contributed by atoms with Gasteiger partial charge in [0.05, 0.1) is 0 Å². The summed E-state index contributed by atoms with van der Waals surface area (Å²) in [4.78, 5) is 0. The van der Waals surface area contributed by atoms with Gasteiger partial charge in [-0.1, -0.05) is 205 Å². The van der Waals surface area contributed by atoms with Gasteiger partial charge in [-0.15, -0.1) is 0 Å². The molecule has 0 heterocycles. The quantitative estimate of drug-likeness (QED) is 0.300. The molecule has 0 amide bonds. The SMILES string of the molecule is CC(C)(C)C1(C(C)(C)C)C=CC=CC1C=CC1(C=CC2C=CC=CC2(C(C)(C)C)C(C)(C)C)C=CC(c2ccccc2)=CC1. The summed E-state index contributed by atoms with van der Waals surface area (Å²) < 4.78 is 0. The van der Waals surface area contributed by atoms with E-state index in [-0.39, 0.29) is 37.9 Å². The fourth-order valence-corrected chi connectivity index (χ4v) is 9.37. The van der Waals surface area contributed by atoms with E-state index < -0.39 is 0 Å². The fraction of sp³-hybridized carbons (Fsp3) is 0.500. The van der Waals surface area contributed by atoms with Crippen molar-refractivity contribution in [3.63, 3.8) is 0 Å². The van der Waals surface area contributed by atoms with Crippen molar-refractivity contribution in [2.75, 3.05) is 0 Å². The third-order valence-corrected chi connectivity index (χ3v) is 11.2. The molecular weight excluding hydrogens is 528 g/mol. The van der Waals surface area contributed by atoms with Crippen molar-refractivity contribution in [3.8, 4) is 0 Å². The van der Waals surface area contributed by atoms with Crippen molar-refractivity contribution < 1.29 is 0 Å². The van der Waals surface area contributed by atoms with Crippen molar-refractivity contribution in [2.45, 2.75) is 89.5 Å². The molecule has 3 aliphatic carbocycles. The second kappa shape index (κ2) is 11.8. The Morgan fingerprint density at radius 2 is 1.00 bits per heavy atom. The fourth-order valence-electron chi connectivity index (χ4n) is 9.37. The summed E-state index contributed by atoms with van der Waals surface area (Å²) in [5.41, 5.74) is 2.72. The highest BCUT2D eigenvalue weighted by molar-refractivity contribution is 5.75. The van der Waals surface area contributed by atoms with Crippen LogP contribution in [0.4, 0.5) is 0 Å². The molecule has 3 aliphatic rings. The first-order valence-electron chi connectivity index (χ1n) is 16.9. The highest BCUT2D eigenvalue weighted by atomic mass is 14.6. The molecule has 0 fully saturated rings. The lowest BCUT2D eigenvalue weighted by atomic mass is 9.47. The van der Waals surface area contributed by atoms with E-state index in [9.17, 15) is 0 Å². The molecule has 0 aliphatic heterocycles. The van der Waals surface area contributed by atoms with Crippen LogP contribution in [-0.4, -0.2) is 0 Å². The molecule has 1 aromatic rings. The zero-order valence-corrected chi connectivity index (χ0v) is 29.9. The molecule has 4 rings (SSSR count). The summed E-state index contributed by atoms with van der Waals surface area (Å²) in [6.07, 6.45) is 37.2. The van der Waals surface area contributed by atoms with E-state index in [2.05, 4.69) is 205 Å². The molecule has 2 atom stereocenters. The normalized spacial score (nSPS) is 27.0. The number of hydrogen-bond donors (Lipinski definition) is 0. The van der Waals surface area contributed by atoms with Crippen molar-refractivity contribution in [1.82, 2.24) is 0 Å². The number of rotatable bonds is 5. The molecule has 0 saturated heterocycles. The summed E-state index contributed by atoms with van der Waals surface area (Å²) in [7, 11) is 0. The van der Waals surface area contributed by atoms with Gasteiger partial charge >= 0.3 is 0 Å². The highest BCUT2D eigenvalue weighted by Gasteiger charge is 2.54. The number of hydrogen-bond acceptors (Lipinski definition) is 0. The Labute approximate surface area is 271 Å². The third kappa shape index (κ3) is 6.03. The Morgan fingerprint density at radius 3 is 1.36 bits per heavy atom. The van der Waals surface area contributed by atoms with Gasteiger partial charge < -0.3 is 0 Å². The average Bonchev–Trinajstić information content (AvgIpc) is 2.94. The maximum absolute atomic E-state index is 2.53. The van der Waals surface area contributed by atoms with Gasteiger partial charge in [0.25, 0.3) is 0 Å². The molecule has 0 spiro atoms. The van der Waals surface area contributed by atoms with E-state index in [1.165, 1.54) is 11.1 Å². The van der Waals surface area contributed by atoms with Gasteiger partial charge in [0.1, 0.15) is 0 Å². The first kappa shape index (κ1) is 34.0. The van der Waals surface area contributed by atoms with E-state index in [1.807, 2.05) is 0 Å². The molecule has 0 radical (unpaired) electrons.